The van der Waals surface area contributed by atoms with Crippen molar-refractivity contribution < 1.29 is 10.2 Å². The maximum Gasteiger partial charge on any atom is 0.0512 e. The fraction of sp³-hybridized carbons (Fsp3) is 1.00. The molecule has 0 aromatic carbocycles. The predicted octanol–water partition coefficient (Wildman–Crippen LogP) is 0.365. The lowest BCUT2D eigenvalue weighted by molar-refractivity contribution is 0.180. The topological polar surface area (TPSA) is 52.5 Å². The molecule has 3 nitrogen and oxygen atoms in total. The molecule has 2 atom stereocenters. The Morgan fingerprint density at radius 3 is 2.50 bits per heavy atom. The average Bonchev–Trinajstić information content (AvgIpc) is 2.03. The van der Waals surface area contributed by atoms with Crippen molar-refractivity contribution in [1.29, 1.82) is 0 Å². The first-order valence-corrected chi connectivity index (χ1v) is 4.66. The summed E-state index contributed by atoms with van der Waals surface area (Å²) in [6, 6.07) is 0. The van der Waals surface area contributed by atoms with Gasteiger partial charge in [0.2, 0.25) is 0 Å². The molecule has 3 N–H and O–H groups in total. The van der Waals surface area contributed by atoms with Crippen molar-refractivity contribution in [3.63, 3.8) is 0 Å². The van der Waals surface area contributed by atoms with Crippen LogP contribution in [-0.4, -0.2) is 36.0 Å². The standard InChI is InChI=1S/C9H21NO2/c1-8(7-11)6-10-5-3-4-9(2)12/h8-12H,3-7H2,1-2H3. The van der Waals surface area contributed by atoms with Crippen LogP contribution in [0.4, 0.5) is 0 Å². The van der Waals surface area contributed by atoms with Crippen LogP contribution in [0, 0.1) is 5.92 Å². The Labute approximate surface area is 74.8 Å². The molecule has 0 bridgehead atoms. The second-order valence-corrected chi connectivity index (χ2v) is 3.48. The maximum atomic E-state index is 8.94. The molecule has 0 aliphatic heterocycles. The second kappa shape index (κ2) is 7.53. The number of rotatable bonds is 7. The average molecular weight is 175 g/mol. The molecule has 74 valence electrons. The van der Waals surface area contributed by atoms with E-state index in [2.05, 4.69) is 5.32 Å². The van der Waals surface area contributed by atoms with Crippen LogP contribution in [-0.2, 0) is 0 Å². The summed E-state index contributed by atoms with van der Waals surface area (Å²) in [5.74, 6) is 0.330. The Hall–Kier alpha value is -0.120. The summed E-state index contributed by atoms with van der Waals surface area (Å²) in [7, 11) is 0. The molecule has 0 amide bonds. The molecule has 0 saturated carbocycles. The van der Waals surface area contributed by atoms with Gasteiger partial charge in [-0.1, -0.05) is 6.92 Å². The number of aliphatic hydroxyl groups excluding tert-OH is 2. The molecule has 0 rings (SSSR count). The van der Waals surface area contributed by atoms with E-state index >= 15 is 0 Å². The van der Waals surface area contributed by atoms with E-state index < -0.39 is 0 Å². The molecular formula is C9H21NO2. The molecule has 0 radical (unpaired) electrons. The van der Waals surface area contributed by atoms with Gasteiger partial charge in [-0.3, -0.25) is 0 Å². The van der Waals surface area contributed by atoms with Crippen molar-refractivity contribution in [2.45, 2.75) is 32.8 Å². The summed E-state index contributed by atoms with van der Waals surface area (Å²) < 4.78 is 0. The van der Waals surface area contributed by atoms with E-state index in [1.54, 1.807) is 6.92 Å². The third-order valence-corrected chi connectivity index (χ3v) is 1.78. The fourth-order valence-corrected chi connectivity index (χ4v) is 0.935. The highest BCUT2D eigenvalue weighted by atomic mass is 16.3. The van der Waals surface area contributed by atoms with Gasteiger partial charge in [0.15, 0.2) is 0 Å². The second-order valence-electron chi connectivity index (χ2n) is 3.48. The van der Waals surface area contributed by atoms with Gasteiger partial charge < -0.3 is 15.5 Å². The predicted molar refractivity (Wildman–Crippen MR) is 50.0 cm³/mol. The molecule has 0 fully saturated rings. The van der Waals surface area contributed by atoms with Gasteiger partial charge in [-0.2, -0.15) is 0 Å². The zero-order valence-electron chi connectivity index (χ0n) is 8.08. The first kappa shape index (κ1) is 11.9. The third-order valence-electron chi connectivity index (χ3n) is 1.78. The normalized spacial score (nSPS) is 16.0. The highest BCUT2D eigenvalue weighted by molar-refractivity contribution is 4.56. The Morgan fingerprint density at radius 1 is 1.33 bits per heavy atom. The molecule has 0 aliphatic rings. The first-order valence-electron chi connectivity index (χ1n) is 4.66. The highest BCUT2D eigenvalue weighted by Crippen LogP contribution is 1.94. The number of aliphatic hydroxyl groups is 2. The van der Waals surface area contributed by atoms with Crippen LogP contribution < -0.4 is 5.32 Å². The van der Waals surface area contributed by atoms with Crippen LogP contribution in [0.5, 0.6) is 0 Å². The van der Waals surface area contributed by atoms with E-state index in [4.69, 9.17) is 10.2 Å². The minimum absolute atomic E-state index is 0.193. The van der Waals surface area contributed by atoms with Crippen molar-refractivity contribution in [2.75, 3.05) is 19.7 Å². The molecule has 0 heterocycles. The Bertz CT molecular complexity index is 96.5. The summed E-state index contributed by atoms with van der Waals surface area (Å²) in [6.45, 7) is 5.83. The lowest BCUT2D eigenvalue weighted by Gasteiger charge is -2.09. The van der Waals surface area contributed by atoms with E-state index in [1.807, 2.05) is 6.92 Å². The smallest absolute Gasteiger partial charge is 0.0512 e. The van der Waals surface area contributed by atoms with Gasteiger partial charge in [0.05, 0.1) is 6.10 Å². The molecule has 2 unspecified atom stereocenters. The van der Waals surface area contributed by atoms with Gasteiger partial charge in [-0.05, 0) is 38.8 Å². The monoisotopic (exact) mass is 175 g/mol. The minimum atomic E-state index is -0.193. The van der Waals surface area contributed by atoms with Crippen LogP contribution in [0.1, 0.15) is 26.7 Å². The molecule has 12 heavy (non-hydrogen) atoms. The van der Waals surface area contributed by atoms with E-state index in [9.17, 15) is 0 Å². The van der Waals surface area contributed by atoms with E-state index in [1.165, 1.54) is 0 Å². The van der Waals surface area contributed by atoms with Crippen LogP contribution in [0.25, 0.3) is 0 Å². The van der Waals surface area contributed by atoms with Crippen molar-refractivity contribution in [3.05, 3.63) is 0 Å². The van der Waals surface area contributed by atoms with E-state index in [0.29, 0.717) is 5.92 Å². The molecule has 0 aromatic rings. The lowest BCUT2D eigenvalue weighted by Crippen LogP contribution is -2.24. The summed E-state index contributed by atoms with van der Waals surface area (Å²) in [6.07, 6.45) is 1.65. The molecule has 3 heteroatoms. The van der Waals surface area contributed by atoms with Gasteiger partial charge in [-0.15, -0.1) is 0 Å². The first-order chi connectivity index (χ1) is 5.66. The zero-order valence-corrected chi connectivity index (χ0v) is 8.08. The fourth-order valence-electron chi connectivity index (χ4n) is 0.935. The van der Waals surface area contributed by atoms with Gasteiger partial charge >= 0.3 is 0 Å². The molecule has 0 saturated heterocycles. The zero-order chi connectivity index (χ0) is 9.40. The third kappa shape index (κ3) is 7.98. The number of hydrogen-bond acceptors (Lipinski definition) is 3. The van der Waals surface area contributed by atoms with Crippen molar-refractivity contribution in [2.24, 2.45) is 5.92 Å². The minimum Gasteiger partial charge on any atom is -0.396 e. The Balaban J connectivity index is 3.00. The summed E-state index contributed by atoms with van der Waals surface area (Å²) in [4.78, 5) is 0. The Kier molecular flexibility index (Phi) is 7.45. The maximum absolute atomic E-state index is 8.94. The highest BCUT2D eigenvalue weighted by Gasteiger charge is 1.98. The molecule has 0 spiro atoms. The molecule has 0 aliphatic carbocycles. The van der Waals surface area contributed by atoms with E-state index in [0.717, 1.165) is 25.9 Å². The van der Waals surface area contributed by atoms with Crippen molar-refractivity contribution >= 4 is 0 Å². The van der Waals surface area contributed by atoms with Crippen molar-refractivity contribution in [3.8, 4) is 0 Å². The molecule has 0 aromatic heterocycles. The Morgan fingerprint density at radius 2 is 2.00 bits per heavy atom. The summed E-state index contributed by atoms with van der Waals surface area (Å²) >= 11 is 0. The SMILES string of the molecule is CC(O)CCCNCC(C)CO. The van der Waals surface area contributed by atoms with Crippen LogP contribution >= 0.6 is 0 Å². The summed E-state index contributed by atoms with van der Waals surface area (Å²) in [5.41, 5.74) is 0. The van der Waals surface area contributed by atoms with Gasteiger partial charge in [-0.25, -0.2) is 0 Å². The van der Waals surface area contributed by atoms with Gasteiger partial charge in [0.1, 0.15) is 0 Å². The van der Waals surface area contributed by atoms with Crippen molar-refractivity contribution in [1.82, 2.24) is 5.32 Å². The number of nitrogens with one attached hydrogen (secondary N) is 1. The quantitative estimate of drug-likeness (QED) is 0.490. The van der Waals surface area contributed by atoms with Crippen LogP contribution in [0.15, 0.2) is 0 Å². The van der Waals surface area contributed by atoms with Gasteiger partial charge in [0, 0.05) is 6.61 Å². The largest absolute Gasteiger partial charge is 0.396 e. The molecular weight excluding hydrogens is 154 g/mol. The lowest BCUT2D eigenvalue weighted by atomic mass is 10.2. The van der Waals surface area contributed by atoms with E-state index in [-0.39, 0.29) is 12.7 Å². The summed E-state index contributed by atoms with van der Waals surface area (Å²) in [5, 5.41) is 20.9. The van der Waals surface area contributed by atoms with Crippen LogP contribution in [0.3, 0.4) is 0 Å². The van der Waals surface area contributed by atoms with Gasteiger partial charge in [0.25, 0.3) is 0 Å². The number of hydrogen-bond donors (Lipinski definition) is 3. The van der Waals surface area contributed by atoms with Crippen LogP contribution in [0.2, 0.25) is 0 Å².